The van der Waals surface area contributed by atoms with Gasteiger partial charge >= 0.3 is 0 Å². The summed E-state index contributed by atoms with van der Waals surface area (Å²) in [4.78, 5) is 27.3. The molecule has 2 N–H and O–H groups in total. The number of carbonyl (C=O) groups is 2. The summed E-state index contributed by atoms with van der Waals surface area (Å²) in [5, 5.41) is 6.49. The number of hydrogen-bond acceptors (Lipinski definition) is 5. The molecule has 22 heavy (non-hydrogen) atoms. The summed E-state index contributed by atoms with van der Waals surface area (Å²) in [6.45, 7) is 3.72. The van der Waals surface area contributed by atoms with Crippen LogP contribution in [0.25, 0.3) is 0 Å². The van der Waals surface area contributed by atoms with E-state index in [1.165, 1.54) is 11.3 Å². The number of aromatic nitrogens is 1. The highest BCUT2D eigenvalue weighted by Gasteiger charge is 2.13. The van der Waals surface area contributed by atoms with Crippen LogP contribution in [0.3, 0.4) is 0 Å². The van der Waals surface area contributed by atoms with Gasteiger partial charge in [0.15, 0.2) is 5.13 Å². The minimum Gasteiger partial charge on any atom is -0.354 e. The number of carbonyl (C=O) groups excluding carboxylic acids is 2. The fourth-order valence-electron chi connectivity index (χ4n) is 2.04. The fraction of sp³-hybridized carbons (Fsp3) is 0.312. The van der Waals surface area contributed by atoms with Gasteiger partial charge in [-0.15, -0.1) is 0 Å². The third-order valence-electron chi connectivity index (χ3n) is 3.23. The third-order valence-corrected chi connectivity index (χ3v) is 4.30. The van der Waals surface area contributed by atoms with Crippen molar-refractivity contribution in [3.05, 3.63) is 40.4 Å². The average Bonchev–Trinajstić information content (AvgIpc) is 2.88. The summed E-state index contributed by atoms with van der Waals surface area (Å²) >= 11 is 1.32. The molecular weight excluding hydrogens is 298 g/mol. The van der Waals surface area contributed by atoms with Crippen LogP contribution in [-0.2, 0) is 11.2 Å². The number of nitrogens with one attached hydrogen (secondary N) is 2. The van der Waals surface area contributed by atoms with E-state index >= 15 is 0 Å². The van der Waals surface area contributed by atoms with E-state index in [-0.39, 0.29) is 11.8 Å². The number of amides is 1. The van der Waals surface area contributed by atoms with E-state index in [0.29, 0.717) is 15.7 Å². The van der Waals surface area contributed by atoms with Gasteiger partial charge in [-0.1, -0.05) is 30.4 Å². The largest absolute Gasteiger partial charge is 0.354 e. The van der Waals surface area contributed by atoms with Crippen LogP contribution in [0.15, 0.2) is 24.3 Å². The summed E-state index contributed by atoms with van der Waals surface area (Å²) in [7, 11) is 1.60. The molecule has 2 rings (SSSR count). The predicted octanol–water partition coefficient (Wildman–Crippen LogP) is 2.93. The van der Waals surface area contributed by atoms with Crippen LogP contribution in [0, 0.1) is 12.8 Å². The van der Waals surface area contributed by atoms with Gasteiger partial charge in [0.1, 0.15) is 11.2 Å². The number of rotatable bonds is 6. The van der Waals surface area contributed by atoms with Crippen molar-refractivity contribution >= 4 is 34.3 Å². The molecule has 0 saturated carbocycles. The van der Waals surface area contributed by atoms with Gasteiger partial charge in [0, 0.05) is 18.7 Å². The molecule has 0 saturated heterocycles. The Balaban J connectivity index is 2.08. The maximum atomic E-state index is 11.7. The Morgan fingerprint density at radius 1 is 1.36 bits per heavy atom. The Bertz CT molecular complexity index is 665. The lowest BCUT2D eigenvalue weighted by molar-refractivity contribution is -0.110. The van der Waals surface area contributed by atoms with Crippen LogP contribution in [0.4, 0.5) is 10.8 Å². The molecule has 116 valence electrons. The molecule has 0 fully saturated rings. The normalized spacial score (nSPS) is 11.8. The number of thiazole rings is 1. The van der Waals surface area contributed by atoms with Crippen LogP contribution in [0.1, 0.15) is 27.9 Å². The van der Waals surface area contributed by atoms with Crippen LogP contribution in [0.5, 0.6) is 0 Å². The zero-order valence-electron chi connectivity index (χ0n) is 12.8. The van der Waals surface area contributed by atoms with E-state index in [1.54, 1.807) is 7.05 Å². The number of aryl methyl sites for hydroxylation is 1. The summed E-state index contributed by atoms with van der Waals surface area (Å²) in [6, 6.07) is 7.87. The highest BCUT2D eigenvalue weighted by molar-refractivity contribution is 7.17. The molecule has 5 nitrogen and oxygen atoms in total. The van der Waals surface area contributed by atoms with E-state index in [4.69, 9.17) is 0 Å². The summed E-state index contributed by atoms with van der Waals surface area (Å²) in [5.41, 5.74) is 2.73. The average molecular weight is 317 g/mol. The molecule has 0 spiro atoms. The summed E-state index contributed by atoms with van der Waals surface area (Å²) in [6.07, 6.45) is 1.70. The molecule has 0 radical (unpaired) electrons. The van der Waals surface area contributed by atoms with Crippen LogP contribution in [-0.4, -0.2) is 24.2 Å². The number of aldehydes is 1. The molecule has 1 heterocycles. The quantitative estimate of drug-likeness (QED) is 0.804. The Kier molecular flexibility index (Phi) is 5.27. The van der Waals surface area contributed by atoms with Gasteiger partial charge in [-0.25, -0.2) is 4.98 Å². The first-order valence-electron chi connectivity index (χ1n) is 7.04. The standard InChI is InChI=1S/C16H19N3O2S/c1-10(9-20)8-12-4-6-13(7-5-12)19-16-18-11(2)14(22-16)15(21)17-3/h4-7,9-10H,8H2,1-3H3,(H,17,21)(H,18,19). The van der Waals surface area contributed by atoms with Crippen molar-refractivity contribution in [2.24, 2.45) is 5.92 Å². The van der Waals surface area contributed by atoms with Crippen molar-refractivity contribution in [3.63, 3.8) is 0 Å². The first-order valence-corrected chi connectivity index (χ1v) is 7.86. The Morgan fingerprint density at radius 2 is 2.05 bits per heavy atom. The maximum absolute atomic E-state index is 11.7. The Hall–Kier alpha value is -2.21. The van der Waals surface area contributed by atoms with Crippen LogP contribution < -0.4 is 10.6 Å². The van der Waals surface area contributed by atoms with Crippen molar-refractivity contribution in [1.29, 1.82) is 0 Å². The molecule has 0 bridgehead atoms. The highest BCUT2D eigenvalue weighted by Crippen LogP contribution is 2.26. The number of hydrogen-bond donors (Lipinski definition) is 2. The molecule has 1 aromatic carbocycles. The van der Waals surface area contributed by atoms with Crippen LogP contribution >= 0.6 is 11.3 Å². The SMILES string of the molecule is CNC(=O)c1sc(Nc2ccc(CC(C)C=O)cc2)nc1C. The van der Waals surface area contributed by atoms with E-state index in [1.807, 2.05) is 38.1 Å². The lowest BCUT2D eigenvalue weighted by Gasteiger charge is -2.06. The summed E-state index contributed by atoms with van der Waals surface area (Å²) in [5.74, 6) is -0.100. The highest BCUT2D eigenvalue weighted by atomic mass is 32.1. The number of nitrogens with zero attached hydrogens (tertiary/aromatic N) is 1. The lowest BCUT2D eigenvalue weighted by atomic mass is 10.0. The van der Waals surface area contributed by atoms with Gasteiger partial charge in [0.25, 0.3) is 5.91 Å². The smallest absolute Gasteiger partial charge is 0.263 e. The van der Waals surface area contributed by atoms with Gasteiger partial charge in [-0.05, 0) is 31.0 Å². The second-order valence-corrected chi connectivity index (χ2v) is 6.15. The number of benzene rings is 1. The van der Waals surface area contributed by atoms with Gasteiger partial charge in [0.05, 0.1) is 5.69 Å². The van der Waals surface area contributed by atoms with E-state index in [2.05, 4.69) is 15.6 Å². The first kappa shape index (κ1) is 16.2. The van der Waals surface area contributed by atoms with Crippen molar-refractivity contribution in [2.45, 2.75) is 20.3 Å². The van der Waals surface area contributed by atoms with E-state index in [9.17, 15) is 9.59 Å². The topological polar surface area (TPSA) is 71.1 Å². The number of anilines is 2. The van der Waals surface area contributed by atoms with Gasteiger partial charge < -0.3 is 15.4 Å². The van der Waals surface area contributed by atoms with Gasteiger partial charge in [-0.2, -0.15) is 0 Å². The van der Waals surface area contributed by atoms with Gasteiger partial charge in [0.2, 0.25) is 0 Å². The van der Waals surface area contributed by atoms with Gasteiger partial charge in [-0.3, -0.25) is 4.79 Å². The molecule has 0 aliphatic carbocycles. The molecule has 1 unspecified atom stereocenters. The second kappa shape index (κ2) is 7.17. The molecule has 6 heteroatoms. The van der Waals surface area contributed by atoms with Crippen molar-refractivity contribution in [3.8, 4) is 0 Å². The monoisotopic (exact) mass is 317 g/mol. The molecule has 0 aliphatic rings. The van der Waals surface area contributed by atoms with Crippen molar-refractivity contribution in [2.75, 3.05) is 12.4 Å². The Morgan fingerprint density at radius 3 is 2.64 bits per heavy atom. The minimum absolute atomic E-state index is 0.0236. The molecular formula is C16H19N3O2S. The molecule has 0 aliphatic heterocycles. The molecule has 2 aromatic rings. The third kappa shape index (κ3) is 3.92. The Labute approximate surface area is 133 Å². The first-order chi connectivity index (χ1) is 10.5. The van der Waals surface area contributed by atoms with Crippen molar-refractivity contribution in [1.82, 2.24) is 10.3 Å². The van der Waals surface area contributed by atoms with E-state index < -0.39 is 0 Å². The van der Waals surface area contributed by atoms with E-state index in [0.717, 1.165) is 24.0 Å². The predicted molar refractivity (Wildman–Crippen MR) is 88.9 cm³/mol. The molecule has 1 aromatic heterocycles. The fourth-order valence-corrected chi connectivity index (χ4v) is 2.97. The second-order valence-electron chi connectivity index (χ2n) is 5.15. The zero-order valence-corrected chi connectivity index (χ0v) is 13.7. The lowest BCUT2D eigenvalue weighted by Crippen LogP contribution is -2.17. The maximum Gasteiger partial charge on any atom is 0.263 e. The van der Waals surface area contributed by atoms with Crippen molar-refractivity contribution < 1.29 is 9.59 Å². The molecule has 1 atom stereocenters. The van der Waals surface area contributed by atoms with Crippen LogP contribution in [0.2, 0.25) is 0 Å². The minimum atomic E-state index is -0.124. The summed E-state index contributed by atoms with van der Waals surface area (Å²) < 4.78 is 0. The zero-order chi connectivity index (χ0) is 16.1. The molecule has 1 amide bonds.